The van der Waals surface area contributed by atoms with Crippen LogP contribution in [0.5, 0.6) is 0 Å². The Morgan fingerprint density at radius 1 is 1.54 bits per heavy atom. The molecule has 1 rings (SSSR count). The number of benzene rings is 1. The average Bonchev–Trinajstić information content (AvgIpc) is 2.13. The number of nitrogens with two attached hydrogens (primary N) is 1. The topological polar surface area (TPSA) is 38.0 Å². The standard InChI is InChI=1S/C10H15FN2/c1-3-7(2)13-9-6-4-5-8(11)10(9)12/h4-7,13H,3,12H2,1-2H3. The highest BCUT2D eigenvalue weighted by Crippen LogP contribution is 2.22. The molecule has 0 saturated carbocycles. The van der Waals surface area contributed by atoms with E-state index in [2.05, 4.69) is 12.2 Å². The normalized spacial score (nSPS) is 12.5. The van der Waals surface area contributed by atoms with Crippen LogP contribution in [-0.2, 0) is 0 Å². The lowest BCUT2D eigenvalue weighted by Crippen LogP contribution is -2.14. The Labute approximate surface area is 77.9 Å². The Balaban J connectivity index is 2.83. The third kappa shape index (κ3) is 2.34. The summed E-state index contributed by atoms with van der Waals surface area (Å²) in [7, 11) is 0. The van der Waals surface area contributed by atoms with E-state index >= 15 is 0 Å². The predicted molar refractivity (Wildman–Crippen MR) is 54.2 cm³/mol. The molecule has 3 N–H and O–H groups in total. The maximum Gasteiger partial charge on any atom is 0.148 e. The van der Waals surface area contributed by atoms with Crippen LogP contribution in [0, 0.1) is 5.82 Å². The summed E-state index contributed by atoms with van der Waals surface area (Å²) in [6, 6.07) is 5.10. The molecule has 0 amide bonds. The van der Waals surface area contributed by atoms with Crippen LogP contribution >= 0.6 is 0 Å². The maximum atomic E-state index is 13.0. The quantitative estimate of drug-likeness (QED) is 0.705. The van der Waals surface area contributed by atoms with Crippen LogP contribution in [0.25, 0.3) is 0 Å². The van der Waals surface area contributed by atoms with Gasteiger partial charge in [0, 0.05) is 6.04 Å². The second kappa shape index (κ2) is 4.12. The van der Waals surface area contributed by atoms with Crippen molar-refractivity contribution in [1.82, 2.24) is 0 Å². The number of hydrogen-bond acceptors (Lipinski definition) is 2. The summed E-state index contributed by atoms with van der Waals surface area (Å²) >= 11 is 0. The molecule has 0 bridgehead atoms. The maximum absolute atomic E-state index is 13.0. The fraction of sp³-hybridized carbons (Fsp3) is 0.400. The van der Waals surface area contributed by atoms with Gasteiger partial charge in [-0.15, -0.1) is 0 Å². The summed E-state index contributed by atoms with van der Waals surface area (Å²) in [4.78, 5) is 0. The molecule has 0 aliphatic carbocycles. The van der Waals surface area contributed by atoms with Crippen LogP contribution in [0.1, 0.15) is 20.3 Å². The minimum Gasteiger partial charge on any atom is -0.395 e. The highest BCUT2D eigenvalue weighted by atomic mass is 19.1. The van der Waals surface area contributed by atoms with E-state index in [1.165, 1.54) is 6.07 Å². The zero-order valence-corrected chi connectivity index (χ0v) is 7.97. The minimum atomic E-state index is -0.367. The third-order valence-electron chi connectivity index (χ3n) is 2.07. The third-order valence-corrected chi connectivity index (χ3v) is 2.07. The van der Waals surface area contributed by atoms with Crippen molar-refractivity contribution in [3.63, 3.8) is 0 Å². The highest BCUT2D eigenvalue weighted by Gasteiger charge is 2.05. The summed E-state index contributed by atoms with van der Waals surface area (Å²) in [5.74, 6) is -0.367. The van der Waals surface area contributed by atoms with Gasteiger partial charge in [-0.25, -0.2) is 4.39 Å². The van der Waals surface area contributed by atoms with Gasteiger partial charge < -0.3 is 11.1 Å². The monoisotopic (exact) mass is 182 g/mol. The number of halogens is 1. The summed E-state index contributed by atoms with van der Waals surface area (Å²) in [5, 5.41) is 3.14. The number of anilines is 2. The van der Waals surface area contributed by atoms with E-state index in [1.54, 1.807) is 12.1 Å². The number of nitrogen functional groups attached to an aromatic ring is 1. The molecule has 0 heterocycles. The van der Waals surface area contributed by atoms with Crippen molar-refractivity contribution < 1.29 is 4.39 Å². The molecular weight excluding hydrogens is 167 g/mol. The van der Waals surface area contributed by atoms with Crippen molar-refractivity contribution in [2.24, 2.45) is 0 Å². The molecule has 13 heavy (non-hydrogen) atoms. The van der Waals surface area contributed by atoms with E-state index in [4.69, 9.17) is 5.73 Å². The molecule has 0 radical (unpaired) electrons. The molecule has 3 heteroatoms. The van der Waals surface area contributed by atoms with Crippen molar-refractivity contribution in [2.45, 2.75) is 26.3 Å². The largest absolute Gasteiger partial charge is 0.395 e. The van der Waals surface area contributed by atoms with Gasteiger partial charge in [-0.2, -0.15) is 0 Å². The van der Waals surface area contributed by atoms with Gasteiger partial charge in [0.05, 0.1) is 11.4 Å². The molecule has 1 atom stereocenters. The molecule has 2 nitrogen and oxygen atoms in total. The van der Waals surface area contributed by atoms with Crippen LogP contribution in [0.3, 0.4) is 0 Å². The van der Waals surface area contributed by atoms with Gasteiger partial charge in [0.25, 0.3) is 0 Å². The molecule has 0 aromatic heterocycles. The van der Waals surface area contributed by atoms with Crippen LogP contribution in [0.2, 0.25) is 0 Å². The first-order valence-corrected chi connectivity index (χ1v) is 4.45. The summed E-state index contributed by atoms with van der Waals surface area (Å²) in [5.41, 5.74) is 6.42. The fourth-order valence-electron chi connectivity index (χ4n) is 1.03. The molecule has 1 unspecified atom stereocenters. The lowest BCUT2D eigenvalue weighted by molar-refractivity contribution is 0.632. The second-order valence-corrected chi connectivity index (χ2v) is 3.15. The van der Waals surface area contributed by atoms with Gasteiger partial charge in [0.15, 0.2) is 0 Å². The summed E-state index contributed by atoms with van der Waals surface area (Å²) in [6.07, 6.45) is 0.982. The van der Waals surface area contributed by atoms with E-state index < -0.39 is 0 Å². The first kappa shape index (κ1) is 9.84. The van der Waals surface area contributed by atoms with Crippen molar-refractivity contribution in [1.29, 1.82) is 0 Å². The molecule has 72 valence electrons. The lowest BCUT2D eigenvalue weighted by Gasteiger charge is -2.14. The second-order valence-electron chi connectivity index (χ2n) is 3.15. The first-order valence-electron chi connectivity index (χ1n) is 4.45. The minimum absolute atomic E-state index is 0.197. The van der Waals surface area contributed by atoms with E-state index in [9.17, 15) is 4.39 Å². The van der Waals surface area contributed by atoms with E-state index in [0.717, 1.165) is 6.42 Å². The zero-order chi connectivity index (χ0) is 9.84. The molecule has 0 aliphatic rings. The van der Waals surface area contributed by atoms with Gasteiger partial charge >= 0.3 is 0 Å². The number of hydrogen-bond donors (Lipinski definition) is 2. The molecule has 1 aromatic rings. The van der Waals surface area contributed by atoms with Gasteiger partial charge in [-0.3, -0.25) is 0 Å². The van der Waals surface area contributed by atoms with Gasteiger partial charge in [-0.05, 0) is 25.5 Å². The molecule has 0 saturated heterocycles. The fourth-order valence-corrected chi connectivity index (χ4v) is 1.03. The zero-order valence-electron chi connectivity index (χ0n) is 7.97. The van der Waals surface area contributed by atoms with Gasteiger partial charge in [0.2, 0.25) is 0 Å². The number of rotatable bonds is 3. The number of nitrogens with one attached hydrogen (secondary N) is 1. The molecule has 0 spiro atoms. The molecule has 0 fully saturated rings. The van der Waals surface area contributed by atoms with Crippen LogP contribution < -0.4 is 11.1 Å². The average molecular weight is 182 g/mol. The SMILES string of the molecule is CCC(C)Nc1cccc(F)c1N. The predicted octanol–water partition coefficient (Wildman–Crippen LogP) is 2.62. The van der Waals surface area contributed by atoms with Crippen molar-refractivity contribution in [3.8, 4) is 0 Å². The first-order chi connectivity index (χ1) is 6.15. The van der Waals surface area contributed by atoms with Crippen LogP contribution in [0.15, 0.2) is 18.2 Å². The highest BCUT2D eigenvalue weighted by molar-refractivity contribution is 5.66. The smallest absolute Gasteiger partial charge is 0.148 e. The van der Waals surface area contributed by atoms with E-state index in [-0.39, 0.29) is 11.5 Å². The van der Waals surface area contributed by atoms with Crippen molar-refractivity contribution in [3.05, 3.63) is 24.0 Å². The molecule has 1 aromatic carbocycles. The number of para-hydroxylation sites is 1. The van der Waals surface area contributed by atoms with Crippen molar-refractivity contribution in [2.75, 3.05) is 11.1 Å². The lowest BCUT2D eigenvalue weighted by atomic mass is 10.2. The van der Waals surface area contributed by atoms with Crippen LogP contribution in [0.4, 0.5) is 15.8 Å². The Kier molecular flexibility index (Phi) is 3.12. The van der Waals surface area contributed by atoms with Crippen molar-refractivity contribution >= 4 is 11.4 Å². The molecule has 0 aliphatic heterocycles. The summed E-state index contributed by atoms with van der Waals surface area (Å²) < 4.78 is 13.0. The Hall–Kier alpha value is -1.25. The van der Waals surface area contributed by atoms with Gasteiger partial charge in [0.1, 0.15) is 5.82 Å². The van der Waals surface area contributed by atoms with E-state index in [0.29, 0.717) is 11.7 Å². The Morgan fingerprint density at radius 3 is 2.85 bits per heavy atom. The summed E-state index contributed by atoms with van der Waals surface area (Å²) in [6.45, 7) is 4.09. The molecular formula is C10H15FN2. The van der Waals surface area contributed by atoms with Gasteiger partial charge in [-0.1, -0.05) is 13.0 Å². The van der Waals surface area contributed by atoms with Crippen LogP contribution in [-0.4, -0.2) is 6.04 Å². The Morgan fingerprint density at radius 2 is 2.23 bits per heavy atom. The Bertz CT molecular complexity index is 286. The van der Waals surface area contributed by atoms with E-state index in [1.807, 2.05) is 6.92 Å².